The molecule has 8 aromatic rings. The minimum absolute atomic E-state index is 0.00876. The summed E-state index contributed by atoms with van der Waals surface area (Å²) in [6.45, 7) is 10.2. The number of halogens is 6. The third-order valence-corrected chi connectivity index (χ3v) is 15.7. The summed E-state index contributed by atoms with van der Waals surface area (Å²) < 4.78 is 53.8. The topological polar surface area (TPSA) is 205 Å². The second-order valence-electron chi connectivity index (χ2n) is 19.6. The molecule has 0 unspecified atom stereocenters. The van der Waals surface area contributed by atoms with Gasteiger partial charge in [0.2, 0.25) is 17.7 Å². The minimum atomic E-state index is -0.684. The van der Waals surface area contributed by atoms with Gasteiger partial charge < -0.3 is 43.4 Å². The molecule has 408 valence electrons. The number of rotatable bonds is 13. The van der Waals surface area contributed by atoms with Crippen molar-refractivity contribution in [3.05, 3.63) is 81.3 Å². The van der Waals surface area contributed by atoms with E-state index in [4.69, 9.17) is 75.3 Å². The number of carbonyl (C=O) groups is 1. The highest BCUT2D eigenvalue weighted by atomic mass is 35.5. The first-order chi connectivity index (χ1) is 37.8. The monoisotopic (exact) mass is 1150 g/mol. The van der Waals surface area contributed by atoms with Gasteiger partial charge in [-0.1, -0.05) is 53.0 Å². The maximum atomic E-state index is 14.7. The fourth-order valence-corrected chi connectivity index (χ4v) is 11.1. The van der Waals surface area contributed by atoms with Crippen LogP contribution < -0.4 is 28.7 Å². The molecule has 2 atom stereocenters. The fraction of sp³-hybridized carbons (Fsp3) is 0.404. The van der Waals surface area contributed by atoms with E-state index in [-0.39, 0.29) is 67.6 Å². The summed E-state index contributed by atoms with van der Waals surface area (Å²) >= 11 is 25.6. The lowest BCUT2D eigenvalue weighted by molar-refractivity contribution is -0.126. The van der Waals surface area contributed by atoms with Crippen molar-refractivity contribution in [3.63, 3.8) is 0 Å². The molecule has 0 aliphatic carbocycles. The predicted octanol–water partition coefficient (Wildman–Crippen LogP) is 10.0. The molecule has 0 bridgehead atoms. The average Bonchev–Trinajstić information content (AvgIpc) is 4.29. The van der Waals surface area contributed by atoms with Gasteiger partial charge >= 0.3 is 12.0 Å². The van der Waals surface area contributed by atoms with Crippen LogP contribution in [0.5, 0.6) is 35.3 Å². The number of aromatic nitrogens is 10. The van der Waals surface area contributed by atoms with Crippen molar-refractivity contribution in [2.24, 2.45) is 0 Å². The second kappa shape index (κ2) is 23.0. The second-order valence-corrected chi connectivity index (χ2v) is 21.1. The highest BCUT2D eigenvalue weighted by Crippen LogP contribution is 2.43. The molecular weight excluding hydrogens is 1090 g/mol. The van der Waals surface area contributed by atoms with E-state index in [9.17, 15) is 13.6 Å². The number of ether oxygens (including phenoxy) is 4. The number of hydrogen-bond donors (Lipinski definition) is 2. The third-order valence-electron chi connectivity index (χ3n) is 14.6. The molecule has 2 aromatic carbocycles. The number of benzene rings is 2. The number of likely N-dealkylation sites (tertiary alicyclic amines) is 2. The quantitative estimate of drug-likeness (QED) is 0.0814. The lowest BCUT2D eigenvalue weighted by atomic mass is 10.1. The van der Waals surface area contributed by atoms with Crippen molar-refractivity contribution in [1.29, 1.82) is 0 Å². The number of likely N-dealkylation sites (N-methyl/N-ethyl adjacent to an activating group) is 2. The number of fused-ring (bicyclic) bond motifs is 4. The first kappa shape index (κ1) is 53.3. The molecule has 12 rings (SSSR count). The molecule has 4 aliphatic rings. The predicted molar refractivity (Wildman–Crippen MR) is 294 cm³/mol. The Balaban J connectivity index is 0.000000166. The van der Waals surface area contributed by atoms with E-state index in [0.29, 0.717) is 101 Å². The Labute approximate surface area is 465 Å². The molecule has 20 nitrogen and oxygen atoms in total. The van der Waals surface area contributed by atoms with E-state index in [1.54, 1.807) is 17.0 Å². The third kappa shape index (κ3) is 11.0. The standard InChI is InChI=1S/C27H27Cl2FN8O3.C25H26Cl2FN7O2/c1-3-21(39)37-7-9-38(10-8-37)25-16-11-20(28)32-26(41-24-17-13-31-35-19(17)12-18(30)22(24)29)23(16)33-27(34-25)40-14-15-5-4-6-36(15)2;1-34-7-5-6-14(34)13-36-25-31-21-15(23(32-25)35-8-3-2-4-9-35)10-19(26)30-24(21)37-22-16-12-29-33-18(16)11-17(28)20(22)27/h3,11-13,15H,1,4-10,14H2,2H3,(H,31,35);10-12,14H,2-9,13H2,1H3,(H,29,33)/t15-;14-/m00/s1. The average molecular weight is 1150 g/mol. The molecule has 4 fully saturated rings. The maximum Gasteiger partial charge on any atom is 0.319 e. The van der Waals surface area contributed by atoms with E-state index >= 15 is 0 Å². The molecule has 0 spiro atoms. The number of H-pyrrole nitrogens is 2. The Morgan fingerprint density at radius 3 is 1.51 bits per heavy atom. The van der Waals surface area contributed by atoms with Crippen LogP contribution >= 0.6 is 46.4 Å². The lowest BCUT2D eigenvalue weighted by Gasteiger charge is -2.35. The Morgan fingerprint density at radius 2 is 1.08 bits per heavy atom. The summed E-state index contributed by atoms with van der Waals surface area (Å²) in [6, 6.07) is 6.81. The largest absolute Gasteiger partial charge is 0.462 e. The summed E-state index contributed by atoms with van der Waals surface area (Å²) in [4.78, 5) is 50.4. The summed E-state index contributed by atoms with van der Waals surface area (Å²) in [7, 11) is 4.16. The number of piperazine rings is 1. The van der Waals surface area contributed by atoms with Crippen LogP contribution in [-0.4, -0.2) is 163 Å². The Morgan fingerprint density at radius 1 is 0.615 bits per heavy atom. The number of nitrogens with zero attached hydrogens (tertiary/aromatic N) is 13. The lowest BCUT2D eigenvalue weighted by Crippen LogP contribution is -2.48. The molecule has 4 aliphatic heterocycles. The number of pyridine rings is 2. The van der Waals surface area contributed by atoms with Crippen LogP contribution in [0, 0.1) is 11.6 Å². The summed E-state index contributed by atoms with van der Waals surface area (Å²) in [5.74, 6) is 0.0198. The molecule has 4 saturated heterocycles. The van der Waals surface area contributed by atoms with Crippen LogP contribution in [0.1, 0.15) is 44.9 Å². The van der Waals surface area contributed by atoms with E-state index in [2.05, 4.69) is 75.7 Å². The van der Waals surface area contributed by atoms with Gasteiger partial charge in [-0.25, -0.2) is 8.78 Å². The summed E-state index contributed by atoms with van der Waals surface area (Å²) in [5.41, 5.74) is 1.57. The van der Waals surface area contributed by atoms with Gasteiger partial charge in [0.15, 0.2) is 11.5 Å². The molecule has 78 heavy (non-hydrogen) atoms. The van der Waals surface area contributed by atoms with Gasteiger partial charge in [0, 0.05) is 63.5 Å². The zero-order valence-electron chi connectivity index (χ0n) is 42.5. The maximum absolute atomic E-state index is 14.7. The van der Waals surface area contributed by atoms with Crippen molar-refractivity contribution in [2.45, 2.75) is 57.0 Å². The van der Waals surface area contributed by atoms with E-state index in [1.165, 1.54) is 37.0 Å². The Hall–Kier alpha value is -6.69. The zero-order valence-corrected chi connectivity index (χ0v) is 45.6. The van der Waals surface area contributed by atoms with Crippen LogP contribution in [0.4, 0.5) is 20.4 Å². The Bertz CT molecular complexity index is 3560. The van der Waals surface area contributed by atoms with Crippen LogP contribution in [-0.2, 0) is 4.79 Å². The summed E-state index contributed by atoms with van der Waals surface area (Å²) in [5, 5.41) is 15.5. The van der Waals surface area contributed by atoms with Crippen molar-refractivity contribution in [1.82, 2.24) is 65.0 Å². The van der Waals surface area contributed by atoms with Gasteiger partial charge in [-0.2, -0.15) is 40.1 Å². The van der Waals surface area contributed by atoms with Gasteiger partial charge in [-0.3, -0.25) is 15.0 Å². The van der Waals surface area contributed by atoms with E-state index < -0.39 is 11.6 Å². The van der Waals surface area contributed by atoms with Gasteiger partial charge in [0.1, 0.15) is 67.9 Å². The minimum Gasteiger partial charge on any atom is -0.462 e. The molecular formula is C52H53Cl4F2N15O5. The molecule has 10 heterocycles. The van der Waals surface area contributed by atoms with Gasteiger partial charge in [-0.05, 0) is 90.3 Å². The first-order valence-electron chi connectivity index (χ1n) is 25.6. The number of amides is 1. The fourth-order valence-electron chi connectivity index (χ4n) is 10.3. The molecule has 26 heteroatoms. The van der Waals surface area contributed by atoms with Gasteiger partial charge in [0.05, 0.1) is 45.0 Å². The van der Waals surface area contributed by atoms with Crippen LogP contribution in [0.2, 0.25) is 20.4 Å². The SMILES string of the molecule is C=CC(=O)N1CCN(c2nc(OC[C@@H]3CCCN3C)nc3c(Oc4c(Cl)c(F)cc5[nH]ncc45)nc(Cl)cc23)CC1.CN1CCC[C@H]1COc1nc(N2CCCCC2)c2cc(Cl)nc(Oc3c(Cl)c(F)cc4[nH]ncc34)c2n1. The highest BCUT2D eigenvalue weighted by molar-refractivity contribution is 6.34. The van der Waals surface area contributed by atoms with Gasteiger partial charge in [-0.15, -0.1) is 0 Å². The number of hydrogen-bond acceptors (Lipinski definition) is 17. The smallest absolute Gasteiger partial charge is 0.319 e. The van der Waals surface area contributed by atoms with E-state index in [1.807, 2.05) is 4.90 Å². The molecule has 0 saturated carbocycles. The van der Waals surface area contributed by atoms with Crippen molar-refractivity contribution < 1.29 is 32.5 Å². The molecule has 1 amide bonds. The van der Waals surface area contributed by atoms with Crippen LogP contribution in [0.3, 0.4) is 0 Å². The normalized spacial score (nSPS) is 18.3. The Kier molecular flexibility index (Phi) is 15.7. The van der Waals surface area contributed by atoms with Crippen molar-refractivity contribution >= 4 is 108 Å². The number of aromatic amines is 2. The van der Waals surface area contributed by atoms with E-state index in [0.717, 1.165) is 64.7 Å². The first-order valence-corrected chi connectivity index (χ1v) is 27.1. The molecule has 2 N–H and O–H groups in total. The number of carbonyl (C=O) groups excluding carboxylic acids is 1. The van der Waals surface area contributed by atoms with Crippen LogP contribution in [0.25, 0.3) is 43.6 Å². The van der Waals surface area contributed by atoms with Crippen molar-refractivity contribution in [2.75, 3.05) is 89.5 Å². The molecule has 6 aromatic heterocycles. The number of anilines is 2. The van der Waals surface area contributed by atoms with Crippen LogP contribution in [0.15, 0.2) is 49.3 Å². The van der Waals surface area contributed by atoms with Crippen molar-refractivity contribution in [3.8, 4) is 35.3 Å². The number of nitrogens with one attached hydrogen (secondary N) is 2. The molecule has 0 radical (unpaired) electrons. The summed E-state index contributed by atoms with van der Waals surface area (Å²) in [6.07, 6.45) is 11.9. The van der Waals surface area contributed by atoms with Gasteiger partial charge in [0.25, 0.3) is 0 Å². The zero-order chi connectivity index (χ0) is 54.2. The highest BCUT2D eigenvalue weighted by Gasteiger charge is 2.30. The number of piperidine rings is 1.